The van der Waals surface area contributed by atoms with Crippen molar-refractivity contribution in [3.63, 3.8) is 0 Å². The first-order valence-electron chi connectivity index (χ1n) is 6.92. The Hall–Kier alpha value is -1.75. The van der Waals surface area contributed by atoms with Gasteiger partial charge >= 0.3 is 0 Å². The van der Waals surface area contributed by atoms with Crippen molar-refractivity contribution in [2.45, 2.75) is 26.3 Å². The molecule has 0 saturated carbocycles. The molecule has 0 bridgehead atoms. The average molecular weight is 280 g/mol. The van der Waals surface area contributed by atoms with E-state index in [9.17, 15) is 4.79 Å². The number of amides is 1. The van der Waals surface area contributed by atoms with Gasteiger partial charge in [-0.2, -0.15) is 0 Å². The number of hydrogen-bond acceptors (Lipinski definition) is 4. The molecule has 0 fully saturated rings. The molecule has 0 atom stereocenters. The zero-order chi connectivity index (χ0) is 14.8. The number of methoxy groups -OCH3 is 1. The normalized spacial score (nSPS) is 10.2. The van der Waals surface area contributed by atoms with Crippen molar-refractivity contribution in [3.8, 4) is 11.5 Å². The molecule has 2 N–H and O–H groups in total. The van der Waals surface area contributed by atoms with Crippen LogP contribution < -0.4 is 20.1 Å². The average Bonchev–Trinajstić information content (AvgIpc) is 2.46. The van der Waals surface area contributed by atoms with Crippen molar-refractivity contribution >= 4 is 5.91 Å². The van der Waals surface area contributed by atoms with Crippen molar-refractivity contribution in [2.75, 3.05) is 27.3 Å². The van der Waals surface area contributed by atoms with Crippen LogP contribution in [0, 0.1) is 0 Å². The summed E-state index contributed by atoms with van der Waals surface area (Å²) in [6.45, 7) is 3.88. The Morgan fingerprint density at radius 1 is 1.30 bits per heavy atom. The predicted octanol–water partition coefficient (Wildman–Crippen LogP) is 1.71. The molecule has 20 heavy (non-hydrogen) atoms. The quantitative estimate of drug-likeness (QED) is 0.676. The highest BCUT2D eigenvalue weighted by Gasteiger charge is 2.06. The first-order chi connectivity index (χ1) is 9.71. The van der Waals surface area contributed by atoms with E-state index in [1.165, 1.54) is 0 Å². The van der Waals surface area contributed by atoms with Gasteiger partial charge in [0.1, 0.15) is 0 Å². The minimum absolute atomic E-state index is 0.0631. The van der Waals surface area contributed by atoms with Gasteiger partial charge in [-0.25, -0.2) is 0 Å². The maximum atomic E-state index is 11.6. The van der Waals surface area contributed by atoms with Gasteiger partial charge in [0.05, 0.1) is 13.7 Å². The predicted molar refractivity (Wildman–Crippen MR) is 79.2 cm³/mol. The smallest absolute Gasteiger partial charge is 0.220 e. The lowest BCUT2D eigenvalue weighted by Crippen LogP contribution is -2.23. The van der Waals surface area contributed by atoms with Gasteiger partial charge in [0, 0.05) is 13.0 Å². The van der Waals surface area contributed by atoms with Crippen molar-refractivity contribution in [2.24, 2.45) is 0 Å². The summed E-state index contributed by atoms with van der Waals surface area (Å²) in [5.74, 6) is 1.47. The molecule has 0 aliphatic carbocycles. The minimum Gasteiger partial charge on any atom is -0.493 e. The Labute approximate surface area is 120 Å². The van der Waals surface area contributed by atoms with Crippen LogP contribution in [0.5, 0.6) is 11.5 Å². The summed E-state index contributed by atoms with van der Waals surface area (Å²) >= 11 is 0. The highest BCUT2D eigenvalue weighted by Crippen LogP contribution is 2.27. The number of nitrogens with one attached hydrogen (secondary N) is 2. The summed E-state index contributed by atoms with van der Waals surface area (Å²) < 4.78 is 10.7. The topological polar surface area (TPSA) is 59.6 Å². The molecular formula is C15H24N2O3. The molecule has 112 valence electrons. The number of carbonyl (C=O) groups excluding carboxylic acids is 1. The molecule has 5 heteroatoms. The molecule has 0 saturated heterocycles. The van der Waals surface area contributed by atoms with E-state index in [1.54, 1.807) is 7.11 Å². The third-order valence-electron chi connectivity index (χ3n) is 2.85. The first kappa shape index (κ1) is 16.3. The van der Waals surface area contributed by atoms with Gasteiger partial charge in [0.25, 0.3) is 0 Å². The van der Waals surface area contributed by atoms with E-state index in [4.69, 9.17) is 9.47 Å². The molecule has 0 aromatic heterocycles. The summed E-state index contributed by atoms with van der Waals surface area (Å²) in [7, 11) is 3.49. The maximum Gasteiger partial charge on any atom is 0.220 e. The SMILES string of the molecule is CCOc1ccc(CNC(=O)CCCNC)cc1OC. The lowest BCUT2D eigenvalue weighted by Gasteiger charge is -2.11. The highest BCUT2D eigenvalue weighted by atomic mass is 16.5. The molecule has 1 aromatic rings. The van der Waals surface area contributed by atoms with E-state index in [1.807, 2.05) is 32.2 Å². The zero-order valence-corrected chi connectivity index (χ0v) is 12.5. The molecule has 0 unspecified atom stereocenters. The molecule has 0 aliphatic rings. The Morgan fingerprint density at radius 2 is 2.10 bits per heavy atom. The summed E-state index contributed by atoms with van der Waals surface area (Å²) in [5, 5.41) is 5.92. The second-order valence-electron chi connectivity index (χ2n) is 4.40. The van der Waals surface area contributed by atoms with Gasteiger partial charge in [-0.15, -0.1) is 0 Å². The number of rotatable bonds is 9. The highest BCUT2D eigenvalue weighted by molar-refractivity contribution is 5.75. The standard InChI is InChI=1S/C15H24N2O3/c1-4-20-13-8-7-12(10-14(13)19-3)11-17-15(18)6-5-9-16-2/h7-8,10,16H,4-6,9,11H2,1-3H3,(H,17,18). The van der Waals surface area contributed by atoms with Crippen LogP contribution in [0.2, 0.25) is 0 Å². The van der Waals surface area contributed by atoms with Gasteiger partial charge in [-0.3, -0.25) is 4.79 Å². The molecule has 0 spiro atoms. The molecular weight excluding hydrogens is 256 g/mol. The van der Waals surface area contributed by atoms with E-state index in [-0.39, 0.29) is 5.91 Å². The molecule has 5 nitrogen and oxygen atoms in total. The molecule has 1 aromatic carbocycles. The van der Waals surface area contributed by atoms with Gasteiger partial charge in [0.15, 0.2) is 11.5 Å². The van der Waals surface area contributed by atoms with E-state index in [0.717, 1.165) is 24.3 Å². The fraction of sp³-hybridized carbons (Fsp3) is 0.533. The van der Waals surface area contributed by atoms with Crippen molar-refractivity contribution in [1.29, 1.82) is 0 Å². The number of ether oxygens (including phenoxy) is 2. The molecule has 0 heterocycles. The zero-order valence-electron chi connectivity index (χ0n) is 12.5. The summed E-state index contributed by atoms with van der Waals surface area (Å²) in [5.41, 5.74) is 0.993. The second-order valence-corrected chi connectivity index (χ2v) is 4.40. The lowest BCUT2D eigenvalue weighted by molar-refractivity contribution is -0.121. The van der Waals surface area contributed by atoms with Crippen LogP contribution in [0.1, 0.15) is 25.3 Å². The number of benzene rings is 1. The Balaban J connectivity index is 2.49. The Morgan fingerprint density at radius 3 is 2.75 bits per heavy atom. The lowest BCUT2D eigenvalue weighted by atomic mass is 10.2. The first-order valence-corrected chi connectivity index (χ1v) is 6.92. The van der Waals surface area contributed by atoms with Crippen molar-refractivity contribution < 1.29 is 14.3 Å². The fourth-order valence-corrected chi connectivity index (χ4v) is 1.81. The van der Waals surface area contributed by atoms with Gasteiger partial charge < -0.3 is 20.1 Å². The largest absolute Gasteiger partial charge is 0.493 e. The molecule has 0 aliphatic heterocycles. The molecule has 1 rings (SSSR count). The van der Waals surface area contributed by atoms with Crippen molar-refractivity contribution in [3.05, 3.63) is 23.8 Å². The van der Waals surface area contributed by atoms with Crippen molar-refractivity contribution in [1.82, 2.24) is 10.6 Å². The monoisotopic (exact) mass is 280 g/mol. The third kappa shape index (κ3) is 5.48. The number of hydrogen-bond donors (Lipinski definition) is 2. The van der Waals surface area contributed by atoms with Gasteiger partial charge in [-0.05, 0) is 44.6 Å². The van der Waals surface area contributed by atoms with Gasteiger partial charge in [-0.1, -0.05) is 6.07 Å². The van der Waals surface area contributed by atoms with Gasteiger partial charge in [0.2, 0.25) is 5.91 Å². The van der Waals surface area contributed by atoms with E-state index >= 15 is 0 Å². The Kier molecular flexibility index (Phi) is 7.50. The summed E-state index contributed by atoms with van der Waals surface area (Å²) in [6.07, 6.45) is 1.38. The molecule has 1 amide bonds. The van der Waals surface area contributed by atoms with Crippen LogP contribution in [0.3, 0.4) is 0 Å². The fourth-order valence-electron chi connectivity index (χ4n) is 1.81. The van der Waals surface area contributed by atoms with E-state index in [2.05, 4.69) is 10.6 Å². The Bertz CT molecular complexity index is 422. The maximum absolute atomic E-state index is 11.6. The van der Waals surface area contributed by atoms with Crippen LogP contribution in [0.15, 0.2) is 18.2 Å². The molecule has 0 radical (unpaired) electrons. The van der Waals surface area contributed by atoms with Crippen LogP contribution in [0.25, 0.3) is 0 Å². The van der Waals surface area contributed by atoms with E-state index in [0.29, 0.717) is 25.3 Å². The second kappa shape index (κ2) is 9.20. The summed E-state index contributed by atoms with van der Waals surface area (Å²) in [6, 6.07) is 5.69. The minimum atomic E-state index is 0.0631. The van der Waals surface area contributed by atoms with Crippen LogP contribution in [-0.4, -0.2) is 33.2 Å². The van der Waals surface area contributed by atoms with Crippen LogP contribution in [-0.2, 0) is 11.3 Å². The van der Waals surface area contributed by atoms with E-state index < -0.39 is 0 Å². The van der Waals surface area contributed by atoms with Crippen LogP contribution in [0.4, 0.5) is 0 Å². The van der Waals surface area contributed by atoms with Crippen LogP contribution >= 0.6 is 0 Å². The summed E-state index contributed by atoms with van der Waals surface area (Å²) in [4.78, 5) is 11.6. The number of carbonyl (C=O) groups is 1. The third-order valence-corrected chi connectivity index (χ3v) is 2.85.